The first-order valence-electron chi connectivity index (χ1n) is 7.71. The number of ketones is 1. The van der Waals surface area contributed by atoms with E-state index in [1.807, 2.05) is 13.0 Å². The second-order valence-electron chi connectivity index (χ2n) is 6.64. The van der Waals surface area contributed by atoms with Crippen LogP contribution in [0.2, 0.25) is 0 Å². The van der Waals surface area contributed by atoms with Gasteiger partial charge in [-0.3, -0.25) is 4.79 Å². The van der Waals surface area contributed by atoms with Crippen molar-refractivity contribution in [1.82, 2.24) is 4.90 Å². The molecular weight excluding hydrogens is 250 g/mol. The van der Waals surface area contributed by atoms with Crippen LogP contribution in [0.5, 0.6) is 0 Å². The third-order valence-corrected chi connectivity index (χ3v) is 4.69. The average molecular weight is 277 g/mol. The quantitative estimate of drug-likeness (QED) is 0.823. The van der Waals surface area contributed by atoms with Gasteiger partial charge in [-0.1, -0.05) is 13.8 Å². The van der Waals surface area contributed by atoms with Gasteiger partial charge in [-0.05, 0) is 44.7 Å². The summed E-state index contributed by atoms with van der Waals surface area (Å²) in [5.74, 6) is 3.05. The Labute approximate surface area is 122 Å². The van der Waals surface area contributed by atoms with Crippen molar-refractivity contribution in [3.8, 4) is 0 Å². The van der Waals surface area contributed by atoms with Gasteiger partial charge in [0, 0.05) is 31.0 Å². The van der Waals surface area contributed by atoms with Crippen LogP contribution in [0.3, 0.4) is 0 Å². The summed E-state index contributed by atoms with van der Waals surface area (Å²) in [6.07, 6.45) is 4.65. The maximum absolute atomic E-state index is 12.1. The number of furan rings is 1. The van der Waals surface area contributed by atoms with Gasteiger partial charge in [-0.2, -0.15) is 0 Å². The number of hydrogen-bond acceptors (Lipinski definition) is 3. The maximum Gasteiger partial charge on any atom is 0.137 e. The molecular formula is C17H27NO2. The topological polar surface area (TPSA) is 33.5 Å². The number of hydrogen-bond donors (Lipinski definition) is 0. The summed E-state index contributed by atoms with van der Waals surface area (Å²) in [6, 6.07) is 2.02. The molecule has 1 aromatic rings. The molecule has 2 atom stereocenters. The molecule has 1 aromatic heterocycles. The van der Waals surface area contributed by atoms with E-state index in [2.05, 4.69) is 25.8 Å². The predicted molar refractivity (Wildman–Crippen MR) is 80.5 cm³/mol. The van der Waals surface area contributed by atoms with E-state index in [1.54, 1.807) is 6.26 Å². The highest BCUT2D eigenvalue weighted by molar-refractivity contribution is 5.82. The maximum atomic E-state index is 12.1. The SMILES string of the molecule is Cc1occc1CN(C)CC1CC(C(C)C)CCC1=O. The molecule has 0 N–H and O–H groups in total. The molecule has 0 amide bonds. The highest BCUT2D eigenvalue weighted by Crippen LogP contribution is 2.32. The van der Waals surface area contributed by atoms with E-state index in [0.717, 1.165) is 38.1 Å². The first-order valence-corrected chi connectivity index (χ1v) is 7.71. The molecule has 1 heterocycles. The molecule has 2 unspecified atom stereocenters. The Balaban J connectivity index is 1.90. The minimum Gasteiger partial charge on any atom is -0.469 e. The fourth-order valence-electron chi connectivity index (χ4n) is 3.24. The standard InChI is InChI=1S/C17H27NO2/c1-12(2)14-5-6-17(19)16(9-14)11-18(4)10-15-7-8-20-13(15)3/h7-8,12,14,16H,5-6,9-11H2,1-4H3. The molecule has 1 fully saturated rings. The summed E-state index contributed by atoms with van der Waals surface area (Å²) in [5, 5.41) is 0. The summed E-state index contributed by atoms with van der Waals surface area (Å²) >= 11 is 0. The Morgan fingerprint density at radius 2 is 2.20 bits per heavy atom. The second-order valence-corrected chi connectivity index (χ2v) is 6.64. The summed E-state index contributed by atoms with van der Waals surface area (Å²) in [5.41, 5.74) is 1.22. The molecule has 3 nitrogen and oxygen atoms in total. The minimum absolute atomic E-state index is 0.216. The molecule has 0 aromatic carbocycles. The summed E-state index contributed by atoms with van der Waals surface area (Å²) in [6.45, 7) is 8.26. The van der Waals surface area contributed by atoms with E-state index < -0.39 is 0 Å². The third kappa shape index (κ3) is 3.72. The Kier molecular flexibility index (Phi) is 5.03. The molecule has 1 saturated carbocycles. The third-order valence-electron chi connectivity index (χ3n) is 4.69. The van der Waals surface area contributed by atoms with Crippen molar-refractivity contribution in [3.63, 3.8) is 0 Å². The van der Waals surface area contributed by atoms with E-state index in [4.69, 9.17) is 4.42 Å². The van der Waals surface area contributed by atoms with Crippen molar-refractivity contribution in [2.24, 2.45) is 17.8 Å². The molecule has 1 aliphatic rings. The molecule has 3 heteroatoms. The smallest absolute Gasteiger partial charge is 0.137 e. The first kappa shape index (κ1) is 15.3. The number of carbonyl (C=O) groups is 1. The summed E-state index contributed by atoms with van der Waals surface area (Å²) in [4.78, 5) is 14.4. The van der Waals surface area contributed by atoms with E-state index in [0.29, 0.717) is 17.6 Å². The van der Waals surface area contributed by atoms with Crippen LogP contribution in [0, 0.1) is 24.7 Å². The molecule has 112 valence electrons. The van der Waals surface area contributed by atoms with Gasteiger partial charge >= 0.3 is 0 Å². The van der Waals surface area contributed by atoms with Crippen LogP contribution in [-0.4, -0.2) is 24.3 Å². The fourth-order valence-corrected chi connectivity index (χ4v) is 3.24. The highest BCUT2D eigenvalue weighted by Gasteiger charge is 2.30. The van der Waals surface area contributed by atoms with Gasteiger partial charge in [-0.25, -0.2) is 0 Å². The number of nitrogens with zero attached hydrogens (tertiary/aromatic N) is 1. The second kappa shape index (κ2) is 6.57. The molecule has 20 heavy (non-hydrogen) atoms. The van der Waals surface area contributed by atoms with E-state index in [9.17, 15) is 4.79 Å². The normalized spacial score (nSPS) is 23.8. The zero-order chi connectivity index (χ0) is 14.7. The van der Waals surface area contributed by atoms with Crippen LogP contribution < -0.4 is 0 Å². The molecule has 0 saturated heterocycles. The Hall–Kier alpha value is -1.09. The molecule has 0 bridgehead atoms. The molecule has 1 aliphatic carbocycles. The van der Waals surface area contributed by atoms with Crippen molar-refractivity contribution in [3.05, 3.63) is 23.7 Å². The Bertz CT molecular complexity index is 450. The fraction of sp³-hybridized carbons (Fsp3) is 0.706. The number of Topliss-reactive ketones (excluding diaryl/α,β-unsaturated/α-hetero) is 1. The van der Waals surface area contributed by atoms with E-state index >= 15 is 0 Å². The lowest BCUT2D eigenvalue weighted by Crippen LogP contribution is -2.35. The lowest BCUT2D eigenvalue weighted by atomic mass is 9.75. The predicted octanol–water partition coefficient (Wildman–Crippen LogP) is 3.66. The van der Waals surface area contributed by atoms with E-state index in [-0.39, 0.29) is 5.92 Å². The first-order chi connectivity index (χ1) is 9.47. The van der Waals surface area contributed by atoms with Crippen molar-refractivity contribution < 1.29 is 9.21 Å². The molecule has 2 rings (SSSR count). The lowest BCUT2D eigenvalue weighted by molar-refractivity contribution is -0.126. The zero-order valence-electron chi connectivity index (χ0n) is 13.2. The summed E-state index contributed by atoms with van der Waals surface area (Å²) in [7, 11) is 2.10. The van der Waals surface area contributed by atoms with Crippen molar-refractivity contribution >= 4 is 5.78 Å². The number of aryl methyl sites for hydroxylation is 1. The average Bonchev–Trinajstić information content (AvgIpc) is 2.77. The van der Waals surface area contributed by atoms with Crippen LogP contribution in [0.1, 0.15) is 44.4 Å². The Morgan fingerprint density at radius 3 is 2.80 bits per heavy atom. The van der Waals surface area contributed by atoms with Crippen LogP contribution in [-0.2, 0) is 11.3 Å². The van der Waals surface area contributed by atoms with E-state index in [1.165, 1.54) is 5.56 Å². The van der Waals surface area contributed by atoms with Crippen molar-refractivity contribution in [1.29, 1.82) is 0 Å². The molecule has 0 aliphatic heterocycles. The number of rotatable bonds is 5. The minimum atomic E-state index is 0.216. The van der Waals surface area contributed by atoms with Gasteiger partial charge in [0.15, 0.2) is 0 Å². The van der Waals surface area contributed by atoms with Crippen molar-refractivity contribution in [2.75, 3.05) is 13.6 Å². The Morgan fingerprint density at radius 1 is 1.45 bits per heavy atom. The van der Waals surface area contributed by atoms with Gasteiger partial charge < -0.3 is 9.32 Å². The molecule has 0 radical (unpaired) electrons. The van der Waals surface area contributed by atoms with Gasteiger partial charge in [0.25, 0.3) is 0 Å². The zero-order valence-corrected chi connectivity index (χ0v) is 13.2. The van der Waals surface area contributed by atoms with Gasteiger partial charge in [0.1, 0.15) is 11.5 Å². The highest BCUT2D eigenvalue weighted by atomic mass is 16.3. The van der Waals surface area contributed by atoms with Gasteiger partial charge in [0.05, 0.1) is 6.26 Å². The van der Waals surface area contributed by atoms with Crippen LogP contribution >= 0.6 is 0 Å². The number of carbonyl (C=O) groups excluding carboxylic acids is 1. The van der Waals surface area contributed by atoms with Gasteiger partial charge in [0.2, 0.25) is 0 Å². The largest absolute Gasteiger partial charge is 0.469 e. The van der Waals surface area contributed by atoms with Crippen LogP contribution in [0.15, 0.2) is 16.7 Å². The van der Waals surface area contributed by atoms with Crippen molar-refractivity contribution in [2.45, 2.75) is 46.6 Å². The van der Waals surface area contributed by atoms with Crippen LogP contribution in [0.4, 0.5) is 0 Å². The molecule has 0 spiro atoms. The lowest BCUT2D eigenvalue weighted by Gasteiger charge is -2.32. The monoisotopic (exact) mass is 277 g/mol. The van der Waals surface area contributed by atoms with Gasteiger partial charge in [-0.15, -0.1) is 0 Å². The summed E-state index contributed by atoms with van der Waals surface area (Å²) < 4.78 is 5.33. The van der Waals surface area contributed by atoms with Crippen LogP contribution in [0.25, 0.3) is 0 Å².